The Morgan fingerprint density at radius 3 is 1.56 bits per heavy atom. The molecule has 1 amide bonds. The van der Waals surface area contributed by atoms with E-state index in [2.05, 4.69) is 10.6 Å². The van der Waals surface area contributed by atoms with Gasteiger partial charge in [0.2, 0.25) is 12.7 Å². The maximum atomic E-state index is 13.5. The monoisotopic (exact) mass is 650 g/mol. The largest absolute Gasteiger partial charge is 0.481 e. The summed E-state index contributed by atoms with van der Waals surface area (Å²) >= 11 is 0. The van der Waals surface area contributed by atoms with Crippen LogP contribution in [0.25, 0.3) is 22.3 Å². The highest BCUT2D eigenvalue weighted by Crippen LogP contribution is 2.22. The summed E-state index contributed by atoms with van der Waals surface area (Å²) in [5.41, 5.74) is 5.00. The van der Waals surface area contributed by atoms with Gasteiger partial charge in [-0.05, 0) is 67.0 Å². The molecule has 0 spiro atoms. The van der Waals surface area contributed by atoms with Gasteiger partial charge in [0.1, 0.15) is 6.04 Å². The molecule has 0 bridgehead atoms. The van der Waals surface area contributed by atoms with Gasteiger partial charge in [-0.15, -0.1) is 0 Å². The van der Waals surface area contributed by atoms with Crippen LogP contribution in [0.3, 0.4) is 0 Å². The van der Waals surface area contributed by atoms with Crippen molar-refractivity contribution in [3.05, 3.63) is 120 Å². The number of hydrogen-bond donors (Lipinski definition) is 3. The summed E-state index contributed by atoms with van der Waals surface area (Å²) in [6.07, 6.45) is 0.138. The molecule has 48 heavy (non-hydrogen) atoms. The minimum absolute atomic E-state index is 0.0713. The zero-order valence-electron chi connectivity index (χ0n) is 27.5. The molecule has 0 aliphatic heterocycles. The molecule has 250 valence electrons. The molecule has 0 heterocycles. The van der Waals surface area contributed by atoms with E-state index >= 15 is 0 Å². The van der Waals surface area contributed by atoms with Crippen LogP contribution >= 0.6 is 0 Å². The van der Waals surface area contributed by atoms with Crippen molar-refractivity contribution in [1.29, 1.82) is 0 Å². The van der Waals surface area contributed by atoms with E-state index < -0.39 is 48.1 Å². The molecule has 0 saturated heterocycles. The van der Waals surface area contributed by atoms with Crippen molar-refractivity contribution in [3.8, 4) is 22.3 Å². The van der Waals surface area contributed by atoms with Crippen molar-refractivity contribution < 1.29 is 33.8 Å². The standard InChI is InChI=1S/C39H42N2O7/c1-39(2,3)38(46)48-26-47-37(45)34(25-28-16-20-32(21-17-28)30-12-8-5-9-13-30)41-33(36(44)40-23-22-35(42)43)24-27-14-18-31(19-15-27)29-10-6-4-7-11-29/h4-21,33-34,41H,22-26H2,1-3H3,(H,40,44)(H,42,43)/t33-,34?/m0/s1. The van der Waals surface area contributed by atoms with Gasteiger partial charge in [-0.3, -0.25) is 24.5 Å². The molecule has 4 aromatic carbocycles. The number of esters is 2. The number of benzene rings is 4. The van der Waals surface area contributed by atoms with E-state index in [1.807, 2.05) is 109 Å². The molecule has 0 radical (unpaired) electrons. The Balaban J connectivity index is 1.56. The Hall–Kier alpha value is -5.28. The van der Waals surface area contributed by atoms with Crippen LogP contribution in [0, 0.1) is 5.41 Å². The second-order valence-electron chi connectivity index (χ2n) is 12.5. The lowest BCUT2D eigenvalue weighted by molar-refractivity contribution is -0.174. The predicted octanol–water partition coefficient (Wildman–Crippen LogP) is 5.81. The van der Waals surface area contributed by atoms with E-state index in [1.165, 1.54) is 0 Å². The van der Waals surface area contributed by atoms with E-state index in [0.717, 1.165) is 33.4 Å². The van der Waals surface area contributed by atoms with Gasteiger partial charge in [0.05, 0.1) is 17.9 Å². The zero-order chi connectivity index (χ0) is 34.5. The molecule has 1 unspecified atom stereocenters. The zero-order valence-corrected chi connectivity index (χ0v) is 27.5. The van der Waals surface area contributed by atoms with E-state index in [0.29, 0.717) is 0 Å². The minimum Gasteiger partial charge on any atom is -0.481 e. The van der Waals surface area contributed by atoms with Crippen LogP contribution < -0.4 is 10.6 Å². The molecule has 3 N–H and O–H groups in total. The van der Waals surface area contributed by atoms with E-state index in [1.54, 1.807) is 20.8 Å². The van der Waals surface area contributed by atoms with Gasteiger partial charge in [-0.1, -0.05) is 109 Å². The maximum Gasteiger partial charge on any atom is 0.326 e. The number of aliphatic carboxylic acids is 1. The molecular weight excluding hydrogens is 608 g/mol. The molecule has 0 aromatic heterocycles. The molecule has 0 fully saturated rings. The first-order chi connectivity index (χ1) is 23.0. The number of ether oxygens (including phenoxy) is 2. The topological polar surface area (TPSA) is 131 Å². The Kier molecular flexibility index (Phi) is 12.6. The molecule has 0 saturated carbocycles. The Bertz CT molecular complexity index is 1650. The number of carboxylic acid groups (broad SMARTS) is 1. The fourth-order valence-corrected chi connectivity index (χ4v) is 4.95. The summed E-state index contributed by atoms with van der Waals surface area (Å²) in [6, 6.07) is 33.4. The summed E-state index contributed by atoms with van der Waals surface area (Å²) in [5, 5.41) is 15.0. The van der Waals surface area contributed by atoms with E-state index in [9.17, 15) is 19.2 Å². The third-order valence-electron chi connectivity index (χ3n) is 7.65. The summed E-state index contributed by atoms with van der Waals surface area (Å²) in [6.45, 7) is 4.44. The van der Waals surface area contributed by atoms with E-state index in [4.69, 9.17) is 14.6 Å². The first-order valence-corrected chi connectivity index (χ1v) is 15.9. The number of hydrogen-bond acceptors (Lipinski definition) is 7. The molecule has 0 aliphatic carbocycles. The summed E-state index contributed by atoms with van der Waals surface area (Å²) in [7, 11) is 0. The second-order valence-corrected chi connectivity index (χ2v) is 12.5. The lowest BCUT2D eigenvalue weighted by atomic mass is 9.97. The van der Waals surface area contributed by atoms with Crippen molar-refractivity contribution in [2.75, 3.05) is 13.3 Å². The van der Waals surface area contributed by atoms with Gasteiger partial charge in [0.15, 0.2) is 0 Å². The molecule has 9 nitrogen and oxygen atoms in total. The van der Waals surface area contributed by atoms with Crippen molar-refractivity contribution >= 4 is 23.8 Å². The summed E-state index contributed by atoms with van der Waals surface area (Å²) in [5.74, 6) is -2.72. The van der Waals surface area contributed by atoms with Crippen LogP contribution in [0.15, 0.2) is 109 Å². The highest BCUT2D eigenvalue weighted by Gasteiger charge is 2.29. The van der Waals surface area contributed by atoms with Crippen molar-refractivity contribution in [3.63, 3.8) is 0 Å². The second kappa shape index (κ2) is 17.0. The normalized spacial score (nSPS) is 12.4. The van der Waals surface area contributed by atoms with Crippen LogP contribution in [0.1, 0.15) is 38.3 Å². The SMILES string of the molecule is CC(C)(C)C(=O)OCOC(=O)C(Cc1ccc(-c2ccccc2)cc1)N[C@@H](Cc1ccc(-c2ccccc2)cc1)C(=O)NCCC(=O)O. The highest BCUT2D eigenvalue weighted by molar-refractivity contribution is 5.84. The Labute approximate surface area is 281 Å². The van der Waals surface area contributed by atoms with Gasteiger partial charge < -0.3 is 19.9 Å². The van der Waals surface area contributed by atoms with Gasteiger partial charge in [-0.2, -0.15) is 0 Å². The lowest BCUT2D eigenvalue weighted by Crippen LogP contribution is -2.53. The molecule has 4 aromatic rings. The first kappa shape index (κ1) is 35.6. The number of carbonyl (C=O) groups excluding carboxylic acids is 3. The van der Waals surface area contributed by atoms with Gasteiger partial charge in [0.25, 0.3) is 0 Å². The summed E-state index contributed by atoms with van der Waals surface area (Å²) < 4.78 is 10.6. The van der Waals surface area contributed by atoms with E-state index in [-0.39, 0.29) is 25.8 Å². The molecule has 2 atom stereocenters. The van der Waals surface area contributed by atoms with Crippen LogP contribution in [0.5, 0.6) is 0 Å². The first-order valence-electron chi connectivity index (χ1n) is 15.9. The number of amides is 1. The Morgan fingerprint density at radius 2 is 1.10 bits per heavy atom. The average molecular weight is 651 g/mol. The van der Waals surface area contributed by atoms with Crippen molar-refractivity contribution in [1.82, 2.24) is 10.6 Å². The summed E-state index contributed by atoms with van der Waals surface area (Å²) in [4.78, 5) is 50.3. The van der Waals surface area contributed by atoms with Crippen LogP contribution in [0.2, 0.25) is 0 Å². The fraction of sp³-hybridized carbons (Fsp3) is 0.282. The van der Waals surface area contributed by atoms with Gasteiger partial charge in [-0.25, -0.2) is 0 Å². The average Bonchev–Trinajstić information content (AvgIpc) is 3.08. The highest BCUT2D eigenvalue weighted by atomic mass is 16.7. The maximum absolute atomic E-state index is 13.5. The molecule has 9 heteroatoms. The number of carbonyl (C=O) groups is 4. The van der Waals surface area contributed by atoms with Gasteiger partial charge in [0, 0.05) is 6.54 Å². The van der Waals surface area contributed by atoms with Crippen molar-refractivity contribution in [2.24, 2.45) is 5.41 Å². The van der Waals surface area contributed by atoms with Crippen molar-refractivity contribution in [2.45, 2.75) is 52.1 Å². The lowest BCUT2D eigenvalue weighted by Gasteiger charge is -2.25. The predicted molar refractivity (Wildman–Crippen MR) is 184 cm³/mol. The molecule has 4 rings (SSSR count). The molecular formula is C39H42N2O7. The van der Waals surface area contributed by atoms with Crippen LogP contribution in [-0.4, -0.2) is 54.3 Å². The smallest absolute Gasteiger partial charge is 0.326 e. The molecule has 0 aliphatic rings. The Morgan fingerprint density at radius 1 is 0.646 bits per heavy atom. The fourth-order valence-electron chi connectivity index (χ4n) is 4.95. The number of nitrogens with one attached hydrogen (secondary N) is 2. The third-order valence-corrected chi connectivity index (χ3v) is 7.65. The quantitative estimate of drug-likeness (QED) is 0.109. The van der Waals surface area contributed by atoms with Crippen LogP contribution in [0.4, 0.5) is 0 Å². The van der Waals surface area contributed by atoms with Gasteiger partial charge >= 0.3 is 17.9 Å². The van der Waals surface area contributed by atoms with Crippen LogP contribution in [-0.2, 0) is 41.5 Å². The minimum atomic E-state index is -1.04. The number of rotatable bonds is 15. The third kappa shape index (κ3) is 10.9. The number of carboxylic acids is 1.